The minimum atomic E-state index is -0.259. The molecule has 1 aromatic heterocycles. The van der Waals surface area contributed by atoms with Crippen LogP contribution in [0.5, 0.6) is 5.88 Å². The zero-order valence-electron chi connectivity index (χ0n) is 14.8. The van der Waals surface area contributed by atoms with E-state index in [4.69, 9.17) is 0 Å². The summed E-state index contributed by atoms with van der Waals surface area (Å²) < 4.78 is 1.34. The second-order valence-electron chi connectivity index (χ2n) is 6.36. The van der Waals surface area contributed by atoms with Gasteiger partial charge in [0.1, 0.15) is 0 Å². The van der Waals surface area contributed by atoms with Gasteiger partial charge in [-0.1, -0.05) is 48.5 Å². The van der Waals surface area contributed by atoms with Crippen molar-refractivity contribution in [2.24, 2.45) is 4.99 Å². The van der Waals surface area contributed by atoms with Crippen molar-refractivity contribution in [3.05, 3.63) is 100 Å². The van der Waals surface area contributed by atoms with E-state index in [1.165, 1.54) is 4.57 Å². The molecule has 0 saturated carbocycles. The summed E-state index contributed by atoms with van der Waals surface area (Å²) in [5.74, 6) is -0.121. The molecule has 0 radical (unpaired) electrons. The summed E-state index contributed by atoms with van der Waals surface area (Å²) in [6, 6.07) is 24.2. The van der Waals surface area contributed by atoms with E-state index in [1.807, 2.05) is 73.7 Å². The fourth-order valence-electron chi connectivity index (χ4n) is 3.15. The van der Waals surface area contributed by atoms with Crippen LogP contribution >= 0.6 is 0 Å². The molecule has 0 bridgehead atoms. The van der Waals surface area contributed by atoms with Crippen LogP contribution in [0, 0.1) is 6.92 Å². The summed E-state index contributed by atoms with van der Waals surface area (Å²) >= 11 is 0. The van der Waals surface area contributed by atoms with Gasteiger partial charge in [0.2, 0.25) is 5.88 Å². The zero-order valence-corrected chi connectivity index (χ0v) is 14.8. The van der Waals surface area contributed by atoms with E-state index in [-0.39, 0.29) is 11.4 Å². The van der Waals surface area contributed by atoms with Crippen LogP contribution in [0.25, 0.3) is 16.5 Å². The fourth-order valence-corrected chi connectivity index (χ4v) is 3.15. The van der Waals surface area contributed by atoms with Crippen molar-refractivity contribution in [1.29, 1.82) is 0 Å². The zero-order chi connectivity index (χ0) is 18.8. The van der Waals surface area contributed by atoms with Crippen molar-refractivity contribution in [2.45, 2.75) is 6.92 Å². The van der Waals surface area contributed by atoms with Gasteiger partial charge in [0, 0.05) is 17.0 Å². The molecule has 0 unspecified atom stereocenters. The number of fused-ring (bicyclic) bond motifs is 1. The Bertz CT molecular complexity index is 1210. The fraction of sp³-hybridized carbons (Fsp3) is 0.0435. The maximum absolute atomic E-state index is 13.0. The largest absolute Gasteiger partial charge is 0.494 e. The molecule has 132 valence electrons. The molecule has 4 rings (SSSR count). The molecule has 27 heavy (non-hydrogen) atoms. The molecule has 0 fully saturated rings. The summed E-state index contributed by atoms with van der Waals surface area (Å²) in [6.45, 7) is 1.95. The van der Waals surface area contributed by atoms with Gasteiger partial charge in [0.25, 0.3) is 5.56 Å². The third kappa shape index (κ3) is 3.13. The second-order valence-corrected chi connectivity index (χ2v) is 6.36. The molecule has 0 atom stereocenters. The average molecular weight is 354 g/mol. The molecule has 4 heteroatoms. The minimum absolute atomic E-state index is 0.121. The molecule has 4 aromatic rings. The van der Waals surface area contributed by atoms with Gasteiger partial charge in [-0.05, 0) is 42.8 Å². The Hall–Kier alpha value is -3.66. The van der Waals surface area contributed by atoms with Crippen LogP contribution in [-0.4, -0.2) is 15.9 Å². The topological polar surface area (TPSA) is 54.6 Å². The number of pyridine rings is 1. The van der Waals surface area contributed by atoms with E-state index in [2.05, 4.69) is 4.99 Å². The Morgan fingerprint density at radius 1 is 0.889 bits per heavy atom. The lowest BCUT2D eigenvalue weighted by Gasteiger charge is -2.14. The van der Waals surface area contributed by atoms with Gasteiger partial charge in [-0.3, -0.25) is 9.79 Å². The summed E-state index contributed by atoms with van der Waals surface area (Å²) in [4.78, 5) is 17.5. The van der Waals surface area contributed by atoms with Crippen LogP contribution in [0.4, 0.5) is 5.69 Å². The van der Waals surface area contributed by atoms with E-state index in [1.54, 1.807) is 18.3 Å². The van der Waals surface area contributed by atoms with Crippen LogP contribution in [0.2, 0.25) is 0 Å². The van der Waals surface area contributed by atoms with Crippen molar-refractivity contribution < 1.29 is 5.11 Å². The Kier molecular flexibility index (Phi) is 4.30. The van der Waals surface area contributed by atoms with E-state index in [0.717, 1.165) is 11.3 Å². The predicted molar refractivity (Wildman–Crippen MR) is 110 cm³/mol. The third-order valence-corrected chi connectivity index (χ3v) is 4.46. The predicted octanol–water partition coefficient (Wildman–Crippen LogP) is 4.76. The number of hydrogen-bond donors (Lipinski definition) is 1. The molecule has 0 amide bonds. The lowest BCUT2D eigenvalue weighted by molar-refractivity contribution is 0.436. The molecule has 0 aliphatic carbocycles. The standard InChI is InChI=1S/C23H18N2O2/c1-16-8-7-11-18(14-16)25-22(26)20-13-6-5-12-19(20)21(23(25)27)15-24-17-9-3-2-4-10-17/h2-15,27H,1H3. The minimum Gasteiger partial charge on any atom is -0.494 e. The van der Waals surface area contributed by atoms with Crippen molar-refractivity contribution in [3.63, 3.8) is 0 Å². The van der Waals surface area contributed by atoms with Crippen LogP contribution < -0.4 is 5.56 Å². The lowest BCUT2D eigenvalue weighted by atomic mass is 10.1. The van der Waals surface area contributed by atoms with E-state index >= 15 is 0 Å². The highest BCUT2D eigenvalue weighted by atomic mass is 16.3. The van der Waals surface area contributed by atoms with Crippen LogP contribution in [0.3, 0.4) is 0 Å². The molecule has 0 saturated heterocycles. The molecular formula is C23H18N2O2. The highest BCUT2D eigenvalue weighted by Crippen LogP contribution is 2.26. The number of nitrogens with zero attached hydrogens (tertiary/aromatic N) is 2. The molecule has 0 aliphatic heterocycles. The molecule has 3 aromatic carbocycles. The van der Waals surface area contributed by atoms with Gasteiger partial charge in [-0.15, -0.1) is 0 Å². The normalized spacial score (nSPS) is 11.3. The molecular weight excluding hydrogens is 336 g/mol. The van der Waals surface area contributed by atoms with Gasteiger partial charge >= 0.3 is 0 Å². The van der Waals surface area contributed by atoms with Gasteiger partial charge in [0.15, 0.2) is 0 Å². The SMILES string of the molecule is Cc1cccc(-n2c(O)c(C=Nc3ccccc3)c3ccccc3c2=O)c1. The third-order valence-electron chi connectivity index (χ3n) is 4.46. The maximum Gasteiger partial charge on any atom is 0.265 e. The van der Waals surface area contributed by atoms with Gasteiger partial charge in [-0.2, -0.15) is 0 Å². The van der Waals surface area contributed by atoms with Crippen molar-refractivity contribution in [2.75, 3.05) is 0 Å². The molecule has 1 heterocycles. The van der Waals surface area contributed by atoms with Crippen molar-refractivity contribution >= 4 is 22.7 Å². The summed E-state index contributed by atoms with van der Waals surface area (Å²) in [5, 5.41) is 12.2. The number of para-hydroxylation sites is 1. The Balaban J connectivity index is 2.00. The molecule has 1 N–H and O–H groups in total. The summed E-state index contributed by atoms with van der Waals surface area (Å²) in [5.41, 5.74) is 2.65. The molecule has 4 nitrogen and oxygen atoms in total. The van der Waals surface area contributed by atoms with Crippen molar-refractivity contribution in [3.8, 4) is 11.6 Å². The Labute approximate surface area is 156 Å². The van der Waals surface area contributed by atoms with Gasteiger partial charge in [0.05, 0.1) is 16.9 Å². The molecule has 0 spiro atoms. The number of aryl methyl sites for hydroxylation is 1. The van der Waals surface area contributed by atoms with E-state index < -0.39 is 0 Å². The second kappa shape index (κ2) is 6.92. The first-order valence-corrected chi connectivity index (χ1v) is 8.68. The molecule has 0 aliphatic rings. The van der Waals surface area contributed by atoms with Crippen LogP contribution in [0.1, 0.15) is 11.1 Å². The number of aromatic nitrogens is 1. The van der Waals surface area contributed by atoms with Crippen molar-refractivity contribution in [1.82, 2.24) is 4.57 Å². The van der Waals surface area contributed by atoms with Gasteiger partial charge < -0.3 is 5.11 Å². The first-order chi connectivity index (χ1) is 13.1. The highest BCUT2D eigenvalue weighted by molar-refractivity contribution is 6.02. The number of aliphatic imine (C=N–C) groups is 1. The number of benzene rings is 3. The highest BCUT2D eigenvalue weighted by Gasteiger charge is 2.16. The lowest BCUT2D eigenvalue weighted by Crippen LogP contribution is -2.20. The van der Waals surface area contributed by atoms with E-state index in [0.29, 0.717) is 22.0 Å². The van der Waals surface area contributed by atoms with Crippen LogP contribution in [0.15, 0.2) is 88.6 Å². The van der Waals surface area contributed by atoms with E-state index in [9.17, 15) is 9.90 Å². The Morgan fingerprint density at radius 3 is 2.33 bits per heavy atom. The number of rotatable bonds is 3. The quantitative estimate of drug-likeness (QED) is 0.540. The smallest absolute Gasteiger partial charge is 0.265 e. The maximum atomic E-state index is 13.0. The number of aromatic hydroxyl groups is 1. The average Bonchev–Trinajstić information content (AvgIpc) is 2.69. The summed E-state index contributed by atoms with van der Waals surface area (Å²) in [6.07, 6.45) is 1.61. The number of hydrogen-bond acceptors (Lipinski definition) is 3. The monoisotopic (exact) mass is 354 g/mol. The first-order valence-electron chi connectivity index (χ1n) is 8.68. The first kappa shape index (κ1) is 16.8. The Morgan fingerprint density at radius 2 is 1.59 bits per heavy atom. The summed E-state index contributed by atoms with van der Waals surface area (Å²) in [7, 11) is 0. The van der Waals surface area contributed by atoms with Crippen LogP contribution in [-0.2, 0) is 0 Å². The van der Waals surface area contributed by atoms with Gasteiger partial charge in [-0.25, -0.2) is 4.57 Å².